The van der Waals surface area contributed by atoms with E-state index in [1.165, 1.54) is 0 Å². The standard InChI is InChI=1S/C23H24N6O3/c1-3-15(12-22(30)31)16-5-6-18(19-8-10-29-21(28-19)7-9-26-29)20(11-16)27-17-13-24-23(25-14-17)32-4-2/h5-11,13-15,27H,3-4,12H2,1-2H3,(H,30,31). The highest BCUT2D eigenvalue weighted by atomic mass is 16.5. The van der Waals surface area contributed by atoms with Crippen LogP contribution in [0.3, 0.4) is 0 Å². The number of anilines is 2. The number of carboxylic acid groups (broad SMARTS) is 1. The Morgan fingerprint density at radius 3 is 2.72 bits per heavy atom. The van der Waals surface area contributed by atoms with Gasteiger partial charge in [0.25, 0.3) is 0 Å². The number of nitrogens with zero attached hydrogens (tertiary/aromatic N) is 5. The predicted octanol–water partition coefficient (Wildman–Crippen LogP) is 4.30. The average Bonchev–Trinajstić information content (AvgIpc) is 3.27. The summed E-state index contributed by atoms with van der Waals surface area (Å²) >= 11 is 0. The molecule has 0 saturated heterocycles. The van der Waals surface area contributed by atoms with E-state index >= 15 is 0 Å². The highest BCUT2D eigenvalue weighted by Gasteiger charge is 2.17. The zero-order valence-corrected chi connectivity index (χ0v) is 17.9. The lowest BCUT2D eigenvalue weighted by atomic mass is 9.91. The van der Waals surface area contributed by atoms with Gasteiger partial charge in [-0.1, -0.05) is 19.1 Å². The second kappa shape index (κ2) is 9.42. The van der Waals surface area contributed by atoms with Gasteiger partial charge in [0.15, 0.2) is 5.65 Å². The Morgan fingerprint density at radius 2 is 2.00 bits per heavy atom. The molecule has 2 N–H and O–H groups in total. The fourth-order valence-electron chi connectivity index (χ4n) is 3.55. The lowest BCUT2D eigenvalue weighted by Crippen LogP contribution is -2.07. The summed E-state index contributed by atoms with van der Waals surface area (Å²) in [5.41, 5.74) is 4.79. The molecule has 0 fully saturated rings. The van der Waals surface area contributed by atoms with Gasteiger partial charge in [-0.25, -0.2) is 19.5 Å². The molecule has 3 aromatic heterocycles. The molecule has 0 bridgehead atoms. The van der Waals surface area contributed by atoms with Gasteiger partial charge < -0.3 is 15.2 Å². The maximum atomic E-state index is 11.3. The molecule has 0 aliphatic carbocycles. The van der Waals surface area contributed by atoms with Crippen LogP contribution in [-0.4, -0.2) is 42.2 Å². The second-order valence-electron chi connectivity index (χ2n) is 7.27. The van der Waals surface area contributed by atoms with E-state index in [9.17, 15) is 9.90 Å². The maximum Gasteiger partial charge on any atom is 0.316 e. The van der Waals surface area contributed by atoms with Crippen LogP contribution in [0.25, 0.3) is 16.9 Å². The van der Waals surface area contributed by atoms with Crippen LogP contribution in [0.5, 0.6) is 6.01 Å². The number of hydrogen-bond acceptors (Lipinski definition) is 7. The van der Waals surface area contributed by atoms with Gasteiger partial charge in [0.1, 0.15) is 0 Å². The topological polar surface area (TPSA) is 115 Å². The summed E-state index contributed by atoms with van der Waals surface area (Å²) in [6.45, 7) is 4.35. The van der Waals surface area contributed by atoms with Gasteiger partial charge >= 0.3 is 12.0 Å². The third-order valence-electron chi connectivity index (χ3n) is 5.14. The molecule has 3 heterocycles. The van der Waals surface area contributed by atoms with Crippen LogP contribution in [-0.2, 0) is 4.79 Å². The zero-order chi connectivity index (χ0) is 22.5. The Bertz CT molecular complexity index is 1220. The van der Waals surface area contributed by atoms with Crippen molar-refractivity contribution in [3.8, 4) is 17.3 Å². The van der Waals surface area contributed by atoms with E-state index in [0.29, 0.717) is 18.3 Å². The minimum atomic E-state index is -0.816. The number of carbonyl (C=O) groups is 1. The zero-order valence-electron chi connectivity index (χ0n) is 17.9. The third-order valence-corrected chi connectivity index (χ3v) is 5.14. The Morgan fingerprint density at radius 1 is 1.19 bits per heavy atom. The second-order valence-corrected chi connectivity index (χ2v) is 7.27. The van der Waals surface area contributed by atoms with E-state index in [4.69, 9.17) is 9.72 Å². The first-order chi connectivity index (χ1) is 15.6. The Balaban J connectivity index is 1.74. The largest absolute Gasteiger partial charge is 0.481 e. The fraction of sp³-hybridized carbons (Fsp3) is 0.261. The number of hydrogen-bond donors (Lipinski definition) is 2. The molecule has 4 aromatic rings. The molecule has 1 unspecified atom stereocenters. The van der Waals surface area contributed by atoms with E-state index in [2.05, 4.69) is 20.4 Å². The van der Waals surface area contributed by atoms with E-state index < -0.39 is 5.97 Å². The van der Waals surface area contributed by atoms with Crippen molar-refractivity contribution in [3.63, 3.8) is 0 Å². The van der Waals surface area contributed by atoms with Crippen molar-refractivity contribution >= 4 is 23.0 Å². The number of aliphatic carboxylic acids is 1. The first-order valence-corrected chi connectivity index (χ1v) is 10.5. The fourth-order valence-corrected chi connectivity index (χ4v) is 3.55. The van der Waals surface area contributed by atoms with Gasteiger partial charge in [0, 0.05) is 23.5 Å². The number of carboxylic acids is 1. The molecule has 0 aliphatic rings. The molecule has 4 rings (SSSR count). The van der Waals surface area contributed by atoms with E-state index in [1.54, 1.807) is 23.1 Å². The highest BCUT2D eigenvalue weighted by Crippen LogP contribution is 2.34. The molecule has 1 aromatic carbocycles. The number of ether oxygens (including phenoxy) is 1. The van der Waals surface area contributed by atoms with Crippen LogP contribution in [0.1, 0.15) is 38.2 Å². The van der Waals surface area contributed by atoms with Crippen LogP contribution in [0.2, 0.25) is 0 Å². The molecule has 0 saturated carbocycles. The maximum absolute atomic E-state index is 11.3. The van der Waals surface area contributed by atoms with Crippen molar-refractivity contribution in [1.82, 2.24) is 24.6 Å². The van der Waals surface area contributed by atoms with Gasteiger partial charge in [-0.05, 0) is 37.0 Å². The molecule has 9 nitrogen and oxygen atoms in total. The van der Waals surface area contributed by atoms with Crippen molar-refractivity contribution < 1.29 is 14.6 Å². The number of fused-ring (bicyclic) bond motifs is 1. The minimum Gasteiger partial charge on any atom is -0.481 e. The summed E-state index contributed by atoms with van der Waals surface area (Å²) in [4.78, 5) is 24.5. The molecule has 0 amide bonds. The molecule has 164 valence electrons. The van der Waals surface area contributed by atoms with Gasteiger partial charge in [-0.15, -0.1) is 0 Å². The van der Waals surface area contributed by atoms with E-state index in [-0.39, 0.29) is 12.3 Å². The number of benzene rings is 1. The van der Waals surface area contributed by atoms with Crippen molar-refractivity contribution in [2.24, 2.45) is 0 Å². The summed E-state index contributed by atoms with van der Waals surface area (Å²) in [6.07, 6.45) is 7.64. The number of rotatable bonds is 9. The number of aromatic nitrogens is 5. The predicted molar refractivity (Wildman–Crippen MR) is 120 cm³/mol. The quantitative estimate of drug-likeness (QED) is 0.402. The molecule has 9 heteroatoms. The lowest BCUT2D eigenvalue weighted by molar-refractivity contribution is -0.137. The molecule has 0 aliphatic heterocycles. The summed E-state index contributed by atoms with van der Waals surface area (Å²) in [7, 11) is 0. The molecular weight excluding hydrogens is 408 g/mol. The highest BCUT2D eigenvalue weighted by molar-refractivity contribution is 5.80. The van der Waals surface area contributed by atoms with E-state index in [0.717, 1.165) is 34.6 Å². The van der Waals surface area contributed by atoms with Gasteiger partial charge in [-0.2, -0.15) is 5.10 Å². The molecule has 1 atom stereocenters. The SMILES string of the molecule is CCOc1ncc(Nc2cc(C(CC)CC(=O)O)ccc2-c2ccn3nccc3n2)cn1. The smallest absolute Gasteiger partial charge is 0.316 e. The molecular formula is C23H24N6O3. The number of nitrogens with one attached hydrogen (secondary N) is 1. The van der Waals surface area contributed by atoms with Crippen LogP contribution in [0.15, 0.2) is 55.1 Å². The lowest BCUT2D eigenvalue weighted by Gasteiger charge is -2.18. The van der Waals surface area contributed by atoms with Crippen molar-refractivity contribution in [3.05, 3.63) is 60.7 Å². The monoisotopic (exact) mass is 432 g/mol. The Labute approximate surface area is 185 Å². The molecule has 32 heavy (non-hydrogen) atoms. The van der Waals surface area contributed by atoms with Crippen LogP contribution >= 0.6 is 0 Å². The average molecular weight is 432 g/mol. The summed E-state index contributed by atoms with van der Waals surface area (Å²) in [5.74, 6) is -0.910. The van der Waals surface area contributed by atoms with Gasteiger partial charge in [0.2, 0.25) is 0 Å². The first kappa shape index (κ1) is 21.2. The third kappa shape index (κ3) is 4.66. The van der Waals surface area contributed by atoms with Crippen molar-refractivity contribution in [2.75, 3.05) is 11.9 Å². The summed E-state index contributed by atoms with van der Waals surface area (Å²) in [6, 6.07) is 9.95. The van der Waals surface area contributed by atoms with E-state index in [1.807, 2.05) is 50.4 Å². The minimum absolute atomic E-state index is 0.0709. The summed E-state index contributed by atoms with van der Waals surface area (Å²) < 4.78 is 7.02. The summed E-state index contributed by atoms with van der Waals surface area (Å²) in [5, 5.41) is 16.9. The normalized spacial score (nSPS) is 11.9. The van der Waals surface area contributed by atoms with Crippen LogP contribution in [0, 0.1) is 0 Å². The van der Waals surface area contributed by atoms with Crippen molar-refractivity contribution in [2.45, 2.75) is 32.6 Å². The van der Waals surface area contributed by atoms with Crippen molar-refractivity contribution in [1.29, 1.82) is 0 Å². The first-order valence-electron chi connectivity index (χ1n) is 10.5. The van der Waals surface area contributed by atoms with Crippen LogP contribution < -0.4 is 10.1 Å². The van der Waals surface area contributed by atoms with Gasteiger partial charge in [-0.3, -0.25) is 4.79 Å². The Kier molecular flexibility index (Phi) is 6.25. The molecule has 0 spiro atoms. The van der Waals surface area contributed by atoms with Gasteiger partial charge in [0.05, 0.1) is 43.0 Å². The Hall–Kier alpha value is -4.01. The van der Waals surface area contributed by atoms with Crippen LogP contribution in [0.4, 0.5) is 11.4 Å². The molecule has 0 radical (unpaired) electrons.